The number of benzene rings is 1. The molecule has 0 bridgehead atoms. The Morgan fingerprint density at radius 2 is 2.00 bits per heavy atom. The molecule has 1 aromatic rings. The van der Waals surface area contributed by atoms with E-state index in [0.29, 0.717) is 5.69 Å². The van der Waals surface area contributed by atoms with Crippen molar-refractivity contribution in [2.45, 2.75) is 32.9 Å². The van der Waals surface area contributed by atoms with Gasteiger partial charge in [0.15, 0.2) is 0 Å². The Kier molecular flexibility index (Phi) is 3.99. The maximum absolute atomic E-state index is 13.2. The lowest BCUT2D eigenvalue weighted by molar-refractivity contribution is -0.134. The molecule has 0 spiro atoms. The summed E-state index contributed by atoms with van der Waals surface area (Å²) >= 11 is 6.03. The summed E-state index contributed by atoms with van der Waals surface area (Å²) in [6, 6.07) is 2.51. The number of nitrogens with zero attached hydrogens (tertiary/aromatic N) is 1. The zero-order valence-corrected chi connectivity index (χ0v) is 12.2. The van der Waals surface area contributed by atoms with Crippen LogP contribution >= 0.6 is 11.6 Å². The largest absolute Gasteiger partial charge is 0.343 e. The Balaban J connectivity index is 2.52. The topological polar surface area (TPSA) is 49.4 Å². The van der Waals surface area contributed by atoms with Crippen molar-refractivity contribution in [3.8, 4) is 0 Å². The molecule has 4 nitrogen and oxygen atoms in total. The van der Waals surface area contributed by atoms with Gasteiger partial charge in [0.1, 0.15) is 17.9 Å². The zero-order chi connectivity index (χ0) is 15.0. The van der Waals surface area contributed by atoms with Crippen molar-refractivity contribution in [2.75, 3.05) is 4.90 Å². The van der Waals surface area contributed by atoms with E-state index in [1.807, 2.05) is 13.8 Å². The van der Waals surface area contributed by atoms with E-state index in [0.717, 1.165) is 6.07 Å². The highest BCUT2D eigenvalue weighted by Crippen LogP contribution is 2.32. The summed E-state index contributed by atoms with van der Waals surface area (Å²) in [6.07, 6.45) is 0. The van der Waals surface area contributed by atoms with Crippen molar-refractivity contribution in [2.24, 2.45) is 5.92 Å². The van der Waals surface area contributed by atoms with Crippen LogP contribution in [0.15, 0.2) is 18.2 Å². The number of amides is 2. The summed E-state index contributed by atoms with van der Waals surface area (Å²) in [5.41, 5.74) is 0.360. The van der Waals surface area contributed by atoms with Crippen LogP contribution in [0.3, 0.4) is 0 Å². The lowest BCUT2D eigenvalue weighted by atomic mass is 9.96. The third-order valence-corrected chi connectivity index (χ3v) is 3.62. The molecule has 20 heavy (non-hydrogen) atoms. The lowest BCUT2D eigenvalue weighted by Crippen LogP contribution is -2.64. The minimum atomic E-state index is -0.651. The Hall–Kier alpha value is -1.62. The number of carbonyl (C=O) groups excluding carboxylic acids is 2. The molecule has 2 atom stereocenters. The van der Waals surface area contributed by atoms with Crippen LogP contribution in [0.1, 0.15) is 20.8 Å². The average Bonchev–Trinajstić information content (AvgIpc) is 2.33. The van der Waals surface area contributed by atoms with Crippen molar-refractivity contribution >= 4 is 29.1 Å². The van der Waals surface area contributed by atoms with E-state index in [1.165, 1.54) is 17.0 Å². The highest BCUT2D eigenvalue weighted by atomic mass is 35.5. The number of rotatable bonds is 2. The molecule has 0 aliphatic carbocycles. The van der Waals surface area contributed by atoms with E-state index in [1.54, 1.807) is 6.92 Å². The second-order valence-electron chi connectivity index (χ2n) is 5.22. The second kappa shape index (κ2) is 5.40. The van der Waals surface area contributed by atoms with Crippen molar-refractivity contribution in [3.05, 3.63) is 29.0 Å². The standard InChI is InChI=1S/C14H16ClFN2O2/c1-7(2)12-13(19)17-8(3)14(20)18(12)11-5-4-9(16)6-10(11)15/h4-8,12H,1-3H3,(H,17,19). The fourth-order valence-electron chi connectivity index (χ4n) is 2.37. The van der Waals surface area contributed by atoms with Crippen LogP contribution in [0.2, 0.25) is 5.02 Å². The summed E-state index contributed by atoms with van der Waals surface area (Å²) in [6.45, 7) is 5.30. The number of nitrogens with one attached hydrogen (secondary N) is 1. The van der Waals surface area contributed by atoms with Crippen LogP contribution in [0.4, 0.5) is 10.1 Å². The zero-order valence-electron chi connectivity index (χ0n) is 11.5. The molecule has 1 aliphatic rings. The van der Waals surface area contributed by atoms with Gasteiger partial charge in [-0.1, -0.05) is 25.4 Å². The number of carbonyl (C=O) groups is 2. The van der Waals surface area contributed by atoms with Gasteiger partial charge in [-0.15, -0.1) is 0 Å². The smallest absolute Gasteiger partial charge is 0.250 e. The fraction of sp³-hybridized carbons (Fsp3) is 0.429. The Morgan fingerprint density at radius 1 is 1.35 bits per heavy atom. The van der Waals surface area contributed by atoms with Gasteiger partial charge in [-0.3, -0.25) is 14.5 Å². The summed E-state index contributed by atoms with van der Waals surface area (Å²) in [7, 11) is 0. The summed E-state index contributed by atoms with van der Waals surface area (Å²) < 4.78 is 13.2. The van der Waals surface area contributed by atoms with Crippen LogP contribution in [0, 0.1) is 11.7 Å². The highest BCUT2D eigenvalue weighted by molar-refractivity contribution is 6.34. The summed E-state index contributed by atoms with van der Waals surface area (Å²) in [5, 5.41) is 2.76. The summed E-state index contributed by atoms with van der Waals surface area (Å²) in [5.74, 6) is -1.06. The van der Waals surface area contributed by atoms with Gasteiger partial charge in [-0.05, 0) is 31.0 Å². The molecular weight excluding hydrogens is 283 g/mol. The molecule has 1 aromatic carbocycles. The minimum absolute atomic E-state index is 0.0902. The molecule has 2 amide bonds. The molecule has 108 valence electrons. The Morgan fingerprint density at radius 3 is 2.55 bits per heavy atom. The maximum atomic E-state index is 13.2. The second-order valence-corrected chi connectivity index (χ2v) is 5.63. The average molecular weight is 299 g/mol. The molecule has 1 aliphatic heterocycles. The van der Waals surface area contributed by atoms with E-state index in [2.05, 4.69) is 5.32 Å². The molecule has 0 aromatic heterocycles. The number of hydrogen-bond donors (Lipinski definition) is 1. The third kappa shape index (κ3) is 2.50. The van der Waals surface area contributed by atoms with Gasteiger partial charge in [-0.2, -0.15) is 0 Å². The van der Waals surface area contributed by atoms with E-state index < -0.39 is 17.9 Å². The molecule has 1 saturated heterocycles. The van der Waals surface area contributed by atoms with Gasteiger partial charge in [0.05, 0.1) is 10.7 Å². The Bertz CT molecular complexity index is 562. The maximum Gasteiger partial charge on any atom is 0.250 e. The first-order chi connectivity index (χ1) is 9.32. The molecule has 2 rings (SSSR count). The first-order valence-electron chi connectivity index (χ1n) is 6.41. The monoisotopic (exact) mass is 298 g/mol. The first-order valence-corrected chi connectivity index (χ1v) is 6.79. The fourth-order valence-corrected chi connectivity index (χ4v) is 2.63. The van der Waals surface area contributed by atoms with Gasteiger partial charge in [0, 0.05) is 0 Å². The molecule has 6 heteroatoms. The van der Waals surface area contributed by atoms with Crippen molar-refractivity contribution < 1.29 is 14.0 Å². The molecular formula is C14H16ClFN2O2. The van der Waals surface area contributed by atoms with E-state index in [-0.39, 0.29) is 22.8 Å². The van der Waals surface area contributed by atoms with Crippen LogP contribution in [0.25, 0.3) is 0 Å². The normalized spacial score (nSPS) is 23.2. The van der Waals surface area contributed by atoms with Gasteiger partial charge < -0.3 is 5.32 Å². The molecule has 0 radical (unpaired) electrons. The van der Waals surface area contributed by atoms with Crippen molar-refractivity contribution in [1.82, 2.24) is 5.32 Å². The van der Waals surface area contributed by atoms with E-state index in [9.17, 15) is 14.0 Å². The molecule has 1 fully saturated rings. The summed E-state index contributed by atoms with van der Waals surface area (Å²) in [4.78, 5) is 25.9. The number of halogens is 2. The molecule has 2 unspecified atom stereocenters. The van der Waals surface area contributed by atoms with E-state index >= 15 is 0 Å². The SMILES string of the molecule is CC1NC(=O)C(C(C)C)N(c2ccc(F)cc2Cl)C1=O. The number of piperazine rings is 1. The number of anilines is 1. The minimum Gasteiger partial charge on any atom is -0.343 e. The molecule has 0 saturated carbocycles. The van der Waals surface area contributed by atoms with Crippen molar-refractivity contribution in [1.29, 1.82) is 0 Å². The molecule has 1 N–H and O–H groups in total. The van der Waals surface area contributed by atoms with E-state index in [4.69, 9.17) is 11.6 Å². The quantitative estimate of drug-likeness (QED) is 0.911. The van der Waals surface area contributed by atoms with Crippen LogP contribution in [-0.2, 0) is 9.59 Å². The van der Waals surface area contributed by atoms with Crippen molar-refractivity contribution in [3.63, 3.8) is 0 Å². The van der Waals surface area contributed by atoms with Gasteiger partial charge >= 0.3 is 0 Å². The van der Waals surface area contributed by atoms with Crippen LogP contribution in [-0.4, -0.2) is 23.9 Å². The number of hydrogen-bond acceptors (Lipinski definition) is 2. The lowest BCUT2D eigenvalue weighted by Gasteiger charge is -2.40. The van der Waals surface area contributed by atoms with Gasteiger partial charge in [-0.25, -0.2) is 4.39 Å². The highest BCUT2D eigenvalue weighted by Gasteiger charge is 2.41. The third-order valence-electron chi connectivity index (χ3n) is 3.31. The van der Waals surface area contributed by atoms with Crippen LogP contribution in [0.5, 0.6) is 0 Å². The first kappa shape index (κ1) is 14.8. The molecule has 1 heterocycles. The van der Waals surface area contributed by atoms with Gasteiger partial charge in [0.2, 0.25) is 11.8 Å². The predicted octanol–water partition coefficient (Wildman–Crippen LogP) is 2.36. The predicted molar refractivity (Wildman–Crippen MR) is 75.1 cm³/mol. The van der Waals surface area contributed by atoms with Gasteiger partial charge in [0.25, 0.3) is 0 Å². The Labute approximate surface area is 121 Å². The van der Waals surface area contributed by atoms with Crippen LogP contribution < -0.4 is 10.2 Å².